The predicted octanol–water partition coefficient (Wildman–Crippen LogP) is 4.17. The number of aryl methyl sites for hydroxylation is 1. The average molecular weight is 301 g/mol. The fraction of sp³-hybridized carbons (Fsp3) is 0.444. The van der Waals surface area contributed by atoms with Gasteiger partial charge in [0.2, 0.25) is 0 Å². The SMILES string of the molecule is CCCn1c(C)c(C=O)c2cc(C(=O)O)cc(C(C)(C)C)c21. The number of rotatable bonds is 4. The third-order valence-electron chi connectivity index (χ3n) is 4.08. The number of carboxylic acids is 1. The summed E-state index contributed by atoms with van der Waals surface area (Å²) in [5.74, 6) is -0.967. The fourth-order valence-corrected chi connectivity index (χ4v) is 2.99. The summed E-state index contributed by atoms with van der Waals surface area (Å²) in [6, 6.07) is 3.36. The summed E-state index contributed by atoms with van der Waals surface area (Å²) < 4.78 is 2.14. The molecule has 0 saturated carbocycles. The summed E-state index contributed by atoms with van der Waals surface area (Å²) in [5, 5.41) is 10.1. The molecule has 0 fully saturated rings. The van der Waals surface area contributed by atoms with Crippen LogP contribution in [0.1, 0.15) is 66.1 Å². The van der Waals surface area contributed by atoms with Gasteiger partial charge in [0.1, 0.15) is 0 Å². The van der Waals surface area contributed by atoms with E-state index in [4.69, 9.17) is 0 Å². The number of carbonyl (C=O) groups is 2. The molecule has 0 amide bonds. The zero-order chi connectivity index (χ0) is 16.7. The van der Waals surface area contributed by atoms with Crippen LogP contribution < -0.4 is 0 Å². The minimum absolute atomic E-state index is 0.208. The molecule has 2 aromatic rings. The first-order valence-corrected chi connectivity index (χ1v) is 7.58. The van der Waals surface area contributed by atoms with E-state index < -0.39 is 5.97 Å². The van der Waals surface area contributed by atoms with Crippen LogP contribution >= 0.6 is 0 Å². The molecule has 0 saturated heterocycles. The van der Waals surface area contributed by atoms with Gasteiger partial charge in [0.05, 0.1) is 11.1 Å². The summed E-state index contributed by atoms with van der Waals surface area (Å²) in [4.78, 5) is 23.0. The number of hydrogen-bond donors (Lipinski definition) is 1. The highest BCUT2D eigenvalue weighted by Crippen LogP contribution is 2.35. The van der Waals surface area contributed by atoms with Crippen molar-refractivity contribution in [2.45, 2.75) is 53.0 Å². The van der Waals surface area contributed by atoms with E-state index in [1.807, 2.05) is 6.92 Å². The van der Waals surface area contributed by atoms with Gasteiger partial charge in [-0.2, -0.15) is 0 Å². The first kappa shape index (κ1) is 16.3. The molecule has 0 aliphatic rings. The number of benzene rings is 1. The number of fused-ring (bicyclic) bond motifs is 1. The Balaban J connectivity index is 3.01. The van der Waals surface area contributed by atoms with Crippen molar-refractivity contribution in [3.63, 3.8) is 0 Å². The molecular weight excluding hydrogens is 278 g/mol. The molecule has 2 rings (SSSR count). The number of aldehydes is 1. The van der Waals surface area contributed by atoms with Crippen LogP contribution in [0.25, 0.3) is 10.9 Å². The first-order valence-electron chi connectivity index (χ1n) is 7.58. The standard InChI is InChI=1S/C18H23NO3/c1-6-7-19-11(2)14(10-20)13-8-12(17(21)22)9-15(16(13)19)18(3,4)5/h8-10H,6-7H2,1-5H3,(H,21,22). The van der Waals surface area contributed by atoms with E-state index in [2.05, 4.69) is 32.3 Å². The van der Waals surface area contributed by atoms with Crippen molar-refractivity contribution in [1.29, 1.82) is 0 Å². The summed E-state index contributed by atoms with van der Waals surface area (Å²) in [5.41, 5.74) is 3.47. The Labute approximate surface area is 130 Å². The van der Waals surface area contributed by atoms with Gasteiger partial charge in [-0.15, -0.1) is 0 Å². The van der Waals surface area contributed by atoms with E-state index in [1.54, 1.807) is 12.1 Å². The second-order valence-electron chi connectivity index (χ2n) is 6.74. The van der Waals surface area contributed by atoms with Gasteiger partial charge < -0.3 is 9.67 Å². The molecule has 0 unspecified atom stereocenters. The predicted molar refractivity (Wildman–Crippen MR) is 88.0 cm³/mol. The van der Waals surface area contributed by atoms with Gasteiger partial charge in [0, 0.05) is 23.2 Å². The molecule has 0 bridgehead atoms. The average Bonchev–Trinajstić information content (AvgIpc) is 2.69. The maximum Gasteiger partial charge on any atom is 0.335 e. The van der Waals surface area contributed by atoms with Gasteiger partial charge in [-0.25, -0.2) is 4.79 Å². The summed E-state index contributed by atoms with van der Waals surface area (Å²) in [6.45, 7) is 11.0. The van der Waals surface area contributed by atoms with E-state index in [-0.39, 0.29) is 11.0 Å². The maximum absolute atomic E-state index is 11.5. The smallest absolute Gasteiger partial charge is 0.335 e. The topological polar surface area (TPSA) is 59.3 Å². The van der Waals surface area contributed by atoms with Crippen molar-refractivity contribution in [1.82, 2.24) is 4.57 Å². The second-order valence-corrected chi connectivity index (χ2v) is 6.74. The molecule has 1 aromatic carbocycles. The van der Waals surface area contributed by atoms with Crippen LogP contribution in [0.2, 0.25) is 0 Å². The Hall–Kier alpha value is -2.10. The van der Waals surface area contributed by atoms with E-state index in [9.17, 15) is 14.7 Å². The highest BCUT2D eigenvalue weighted by atomic mass is 16.4. The monoisotopic (exact) mass is 301 g/mol. The van der Waals surface area contributed by atoms with Crippen LogP contribution in [0.5, 0.6) is 0 Å². The molecule has 22 heavy (non-hydrogen) atoms. The normalized spacial score (nSPS) is 11.9. The van der Waals surface area contributed by atoms with Crippen molar-refractivity contribution in [3.8, 4) is 0 Å². The van der Waals surface area contributed by atoms with E-state index in [1.165, 1.54) is 0 Å². The highest BCUT2D eigenvalue weighted by Gasteiger charge is 2.25. The summed E-state index contributed by atoms with van der Waals surface area (Å²) in [7, 11) is 0. The Morgan fingerprint density at radius 1 is 1.32 bits per heavy atom. The minimum atomic E-state index is -0.967. The molecule has 118 valence electrons. The second kappa shape index (κ2) is 5.59. The number of carboxylic acid groups (broad SMARTS) is 1. The third kappa shape index (κ3) is 2.54. The number of aromatic nitrogens is 1. The number of aromatic carboxylic acids is 1. The van der Waals surface area contributed by atoms with Gasteiger partial charge in [-0.1, -0.05) is 27.7 Å². The number of carbonyl (C=O) groups excluding carboxylic acids is 1. The molecular formula is C18H23NO3. The van der Waals surface area contributed by atoms with Crippen LogP contribution in [0.3, 0.4) is 0 Å². The molecule has 0 radical (unpaired) electrons. The fourth-order valence-electron chi connectivity index (χ4n) is 2.99. The van der Waals surface area contributed by atoms with Crippen LogP contribution in [0, 0.1) is 6.92 Å². The lowest BCUT2D eigenvalue weighted by atomic mass is 9.84. The van der Waals surface area contributed by atoms with E-state index in [0.717, 1.165) is 41.4 Å². The lowest BCUT2D eigenvalue weighted by molar-refractivity contribution is 0.0696. The van der Waals surface area contributed by atoms with Crippen molar-refractivity contribution in [2.75, 3.05) is 0 Å². The Morgan fingerprint density at radius 3 is 2.41 bits per heavy atom. The zero-order valence-electron chi connectivity index (χ0n) is 13.9. The molecule has 4 nitrogen and oxygen atoms in total. The van der Waals surface area contributed by atoms with Gasteiger partial charge in [-0.05, 0) is 36.5 Å². The third-order valence-corrected chi connectivity index (χ3v) is 4.08. The van der Waals surface area contributed by atoms with Crippen molar-refractivity contribution in [2.24, 2.45) is 0 Å². The van der Waals surface area contributed by atoms with Gasteiger partial charge in [0.25, 0.3) is 0 Å². The Morgan fingerprint density at radius 2 is 1.95 bits per heavy atom. The van der Waals surface area contributed by atoms with Crippen LogP contribution in [0.15, 0.2) is 12.1 Å². The largest absolute Gasteiger partial charge is 0.478 e. The first-order chi connectivity index (χ1) is 10.2. The molecule has 0 aliphatic heterocycles. The molecule has 1 aromatic heterocycles. The van der Waals surface area contributed by atoms with E-state index >= 15 is 0 Å². The Bertz CT molecular complexity index is 748. The van der Waals surface area contributed by atoms with Gasteiger partial charge in [0.15, 0.2) is 6.29 Å². The molecule has 0 atom stereocenters. The summed E-state index contributed by atoms with van der Waals surface area (Å²) in [6.07, 6.45) is 1.79. The zero-order valence-corrected chi connectivity index (χ0v) is 13.9. The van der Waals surface area contributed by atoms with Crippen LogP contribution in [0.4, 0.5) is 0 Å². The maximum atomic E-state index is 11.5. The van der Waals surface area contributed by atoms with Crippen molar-refractivity contribution >= 4 is 23.2 Å². The van der Waals surface area contributed by atoms with Gasteiger partial charge in [-0.3, -0.25) is 4.79 Å². The number of nitrogens with zero attached hydrogens (tertiary/aromatic N) is 1. The highest BCUT2D eigenvalue weighted by molar-refractivity contribution is 6.04. The quantitative estimate of drug-likeness (QED) is 0.862. The minimum Gasteiger partial charge on any atom is -0.478 e. The lowest BCUT2D eigenvalue weighted by Crippen LogP contribution is -2.15. The van der Waals surface area contributed by atoms with Crippen LogP contribution in [-0.2, 0) is 12.0 Å². The van der Waals surface area contributed by atoms with Crippen molar-refractivity contribution < 1.29 is 14.7 Å². The molecule has 0 aliphatic carbocycles. The molecule has 1 heterocycles. The Kier molecular flexibility index (Phi) is 4.14. The van der Waals surface area contributed by atoms with Gasteiger partial charge >= 0.3 is 5.97 Å². The molecule has 0 spiro atoms. The molecule has 1 N–H and O–H groups in total. The van der Waals surface area contributed by atoms with E-state index in [0.29, 0.717) is 5.56 Å². The van der Waals surface area contributed by atoms with Crippen LogP contribution in [-0.4, -0.2) is 21.9 Å². The number of hydrogen-bond acceptors (Lipinski definition) is 2. The van der Waals surface area contributed by atoms with Crippen molar-refractivity contribution in [3.05, 3.63) is 34.5 Å². The molecule has 4 heteroatoms. The summed E-state index contributed by atoms with van der Waals surface area (Å²) >= 11 is 0. The lowest BCUT2D eigenvalue weighted by Gasteiger charge is -2.23.